The molecule has 4 aromatic carbocycles. The summed E-state index contributed by atoms with van der Waals surface area (Å²) in [5, 5.41) is 15.1. The van der Waals surface area contributed by atoms with Gasteiger partial charge in [-0.2, -0.15) is 4.31 Å². The largest absolute Gasteiger partial charge is 0.456 e. The van der Waals surface area contributed by atoms with E-state index in [1.54, 1.807) is 24.3 Å². The highest BCUT2D eigenvalue weighted by atomic mass is 32.2. The Balaban J connectivity index is 1.35. The van der Waals surface area contributed by atoms with Crippen LogP contribution in [0.4, 0.5) is 17.1 Å². The van der Waals surface area contributed by atoms with Crippen LogP contribution in [0, 0.1) is 33.6 Å². The van der Waals surface area contributed by atoms with Gasteiger partial charge in [0.15, 0.2) is 0 Å². The molecule has 0 amide bonds. The minimum absolute atomic E-state index is 0.184. The maximum atomic E-state index is 14.4. The number of aryl methyl sites for hydroxylation is 4. The Kier molecular flexibility index (Phi) is 13.0. The quantitative estimate of drug-likeness (QED) is 0.0927. The van der Waals surface area contributed by atoms with Crippen molar-refractivity contribution in [3.63, 3.8) is 0 Å². The summed E-state index contributed by atoms with van der Waals surface area (Å²) >= 11 is 0. The Morgan fingerprint density at radius 3 is 2.20 bits per heavy atom. The van der Waals surface area contributed by atoms with E-state index >= 15 is 0 Å². The first kappa shape index (κ1) is 43.2. The molecule has 7 rings (SSSR count). The highest BCUT2D eigenvalue weighted by Gasteiger charge is 2.32. The van der Waals surface area contributed by atoms with Crippen molar-refractivity contribution in [2.45, 2.75) is 96.0 Å². The van der Waals surface area contributed by atoms with Crippen LogP contribution in [0.25, 0.3) is 33.4 Å². The van der Waals surface area contributed by atoms with Crippen LogP contribution in [-0.4, -0.2) is 52.0 Å². The van der Waals surface area contributed by atoms with Gasteiger partial charge in [-0.05, 0) is 118 Å². The van der Waals surface area contributed by atoms with Gasteiger partial charge in [-0.3, -0.25) is 0 Å². The molecule has 1 unspecified atom stereocenters. The standard InChI is InChI=1S/C48H56N4O6S2/c1-7-9-15-35(8-2)30-49-59(54,55)39-26-33(5)48(34(6)27-39)51-37-19-21-41-44(29-37)58-43-28-36(50-47-31(3)13-12-14-32(47)4)18-20-40(43)46(41)42-16-10-11-17-45(42)60(56,57)52-24-22-38(53)23-25-52/h10-14,16-21,26-29,35,38,49-50,53H,7-9,15,22-25,30H2,1-6H3. The van der Waals surface area contributed by atoms with Crippen LogP contribution in [0.3, 0.4) is 0 Å². The van der Waals surface area contributed by atoms with E-state index in [0.29, 0.717) is 58.5 Å². The summed E-state index contributed by atoms with van der Waals surface area (Å²) < 4.78 is 66.6. The third-order valence-electron chi connectivity index (χ3n) is 11.8. The zero-order chi connectivity index (χ0) is 42.8. The van der Waals surface area contributed by atoms with E-state index in [0.717, 1.165) is 64.7 Å². The van der Waals surface area contributed by atoms with Gasteiger partial charge < -0.3 is 14.8 Å². The van der Waals surface area contributed by atoms with Gasteiger partial charge in [-0.25, -0.2) is 26.6 Å². The number of para-hydroxylation sites is 1. The third-order valence-corrected chi connectivity index (χ3v) is 15.1. The van der Waals surface area contributed by atoms with Crippen molar-refractivity contribution in [1.29, 1.82) is 0 Å². The Morgan fingerprint density at radius 1 is 0.817 bits per heavy atom. The number of piperidine rings is 1. The summed E-state index contributed by atoms with van der Waals surface area (Å²) in [4.78, 5) is 5.42. The van der Waals surface area contributed by atoms with Gasteiger partial charge in [-0.1, -0.05) is 69.5 Å². The Labute approximate surface area is 354 Å². The minimum atomic E-state index is -3.93. The number of fused-ring (bicyclic) bond motifs is 2. The lowest BCUT2D eigenvalue weighted by Gasteiger charge is -2.29. The van der Waals surface area contributed by atoms with Crippen molar-refractivity contribution in [2.24, 2.45) is 10.9 Å². The second-order valence-electron chi connectivity index (χ2n) is 16.2. The van der Waals surface area contributed by atoms with Crippen molar-refractivity contribution >= 4 is 48.1 Å². The number of hydrogen-bond acceptors (Lipinski definition) is 8. The molecule has 0 aromatic heterocycles. The molecule has 0 spiro atoms. The van der Waals surface area contributed by atoms with E-state index < -0.39 is 26.2 Å². The number of aliphatic hydroxyl groups excluding tert-OH is 1. The molecular weight excluding hydrogens is 793 g/mol. The smallest absolute Gasteiger partial charge is 0.243 e. The molecule has 2 aliphatic heterocycles. The summed E-state index contributed by atoms with van der Waals surface area (Å²) in [6, 6.07) is 28.1. The Bertz CT molecular complexity index is 2750. The second kappa shape index (κ2) is 18.0. The summed E-state index contributed by atoms with van der Waals surface area (Å²) in [6.07, 6.45) is 4.29. The van der Waals surface area contributed by atoms with Gasteiger partial charge in [0.25, 0.3) is 0 Å². The molecule has 4 aromatic rings. The molecule has 10 nitrogen and oxygen atoms in total. The number of aliphatic hydroxyl groups is 1. The number of unbranched alkanes of at least 4 members (excludes halogenated alkanes) is 1. The zero-order valence-electron chi connectivity index (χ0n) is 35.4. The fourth-order valence-corrected chi connectivity index (χ4v) is 11.2. The molecule has 316 valence electrons. The summed E-state index contributed by atoms with van der Waals surface area (Å²) in [5.74, 6) is 0.790. The molecule has 0 bridgehead atoms. The first-order valence-corrected chi connectivity index (χ1v) is 23.9. The average Bonchev–Trinajstić information content (AvgIpc) is 3.22. The molecule has 12 heteroatoms. The van der Waals surface area contributed by atoms with Crippen LogP contribution in [0.5, 0.6) is 0 Å². The first-order chi connectivity index (χ1) is 28.7. The molecule has 1 fully saturated rings. The molecule has 2 heterocycles. The van der Waals surface area contributed by atoms with Gasteiger partial charge in [0.05, 0.1) is 26.9 Å². The minimum Gasteiger partial charge on any atom is -0.456 e. The van der Waals surface area contributed by atoms with E-state index in [4.69, 9.17) is 9.41 Å². The van der Waals surface area contributed by atoms with Crippen molar-refractivity contribution in [3.05, 3.63) is 119 Å². The van der Waals surface area contributed by atoms with E-state index in [1.165, 1.54) is 4.31 Å². The van der Waals surface area contributed by atoms with Gasteiger partial charge in [0.2, 0.25) is 20.0 Å². The number of nitrogens with zero attached hydrogens (tertiary/aromatic N) is 2. The van der Waals surface area contributed by atoms with Crippen molar-refractivity contribution in [2.75, 3.05) is 25.0 Å². The molecule has 0 radical (unpaired) electrons. The van der Waals surface area contributed by atoms with Gasteiger partial charge >= 0.3 is 0 Å². The average molecular weight is 849 g/mol. The Hall–Kier alpha value is -4.85. The highest BCUT2D eigenvalue weighted by molar-refractivity contribution is 7.89. The fraction of sp³-hybridized carbons (Fsp3) is 0.354. The molecule has 3 N–H and O–H groups in total. The maximum absolute atomic E-state index is 14.4. The first-order valence-electron chi connectivity index (χ1n) is 21.0. The lowest BCUT2D eigenvalue weighted by molar-refractivity contribution is 0.113. The van der Waals surface area contributed by atoms with E-state index in [1.807, 2.05) is 68.4 Å². The Morgan fingerprint density at radius 2 is 1.52 bits per heavy atom. The van der Waals surface area contributed by atoms with Crippen LogP contribution in [0.1, 0.15) is 74.6 Å². The molecule has 1 atom stereocenters. The number of sulfonamides is 2. The maximum Gasteiger partial charge on any atom is 0.243 e. The molecule has 1 saturated heterocycles. The van der Waals surface area contributed by atoms with Crippen LogP contribution < -0.4 is 15.4 Å². The molecule has 3 aliphatic rings. The van der Waals surface area contributed by atoms with Crippen LogP contribution in [-0.2, 0) is 20.0 Å². The van der Waals surface area contributed by atoms with E-state index in [9.17, 15) is 21.9 Å². The zero-order valence-corrected chi connectivity index (χ0v) is 37.0. The monoisotopic (exact) mass is 848 g/mol. The van der Waals surface area contributed by atoms with Crippen molar-refractivity contribution < 1.29 is 26.4 Å². The highest BCUT2D eigenvalue weighted by Crippen LogP contribution is 2.44. The van der Waals surface area contributed by atoms with Crippen molar-refractivity contribution in [1.82, 2.24) is 9.03 Å². The number of anilines is 2. The SMILES string of the molecule is CCCCC(CC)CNS(=O)(=O)c1cc(C)c(N=c2ccc3c(-c4ccccc4S(=O)(=O)N4CCC(O)CC4)c4ccc(Nc5c(C)cccc5C)cc4oc-3c2)c(C)c1. The lowest BCUT2D eigenvalue weighted by atomic mass is 9.93. The van der Waals surface area contributed by atoms with Crippen molar-refractivity contribution in [3.8, 4) is 22.5 Å². The van der Waals surface area contributed by atoms with Gasteiger partial charge in [0.1, 0.15) is 11.3 Å². The molecule has 60 heavy (non-hydrogen) atoms. The van der Waals surface area contributed by atoms with Crippen LogP contribution in [0.2, 0.25) is 0 Å². The number of hydrogen-bond donors (Lipinski definition) is 3. The normalized spacial score (nSPS) is 15.2. The fourth-order valence-electron chi connectivity index (χ4n) is 8.22. The number of benzene rings is 5. The third kappa shape index (κ3) is 9.08. The van der Waals surface area contributed by atoms with Gasteiger partial charge in [0, 0.05) is 65.2 Å². The van der Waals surface area contributed by atoms with Crippen LogP contribution in [0.15, 0.2) is 110 Å². The molecule has 0 saturated carbocycles. The topological polar surface area (TPSA) is 141 Å². The number of rotatable bonds is 14. The predicted molar refractivity (Wildman–Crippen MR) is 241 cm³/mol. The van der Waals surface area contributed by atoms with E-state index in [2.05, 4.69) is 49.9 Å². The van der Waals surface area contributed by atoms with Gasteiger partial charge in [-0.15, -0.1) is 0 Å². The summed E-state index contributed by atoms with van der Waals surface area (Å²) in [7, 11) is -7.66. The second-order valence-corrected chi connectivity index (χ2v) is 19.9. The summed E-state index contributed by atoms with van der Waals surface area (Å²) in [5.41, 5.74) is 8.61. The predicted octanol–water partition coefficient (Wildman–Crippen LogP) is 10.1. The number of nitrogens with one attached hydrogen (secondary N) is 2. The lowest BCUT2D eigenvalue weighted by Crippen LogP contribution is -2.40. The van der Waals surface area contributed by atoms with E-state index in [-0.39, 0.29) is 28.8 Å². The van der Waals surface area contributed by atoms with Crippen LogP contribution >= 0.6 is 0 Å². The molecule has 1 aliphatic carbocycles. The summed E-state index contributed by atoms with van der Waals surface area (Å²) in [6.45, 7) is 13.0. The molecular formula is C48H56N4O6S2.